The molecule has 4 nitrogen and oxygen atoms in total. The number of hydrogen-bond donors (Lipinski definition) is 0. The van der Waals surface area contributed by atoms with Gasteiger partial charge in [-0.15, -0.1) is 0 Å². The van der Waals surface area contributed by atoms with Gasteiger partial charge in [-0.1, -0.05) is 18.7 Å². The highest BCUT2D eigenvalue weighted by atomic mass is 32.2. The molecule has 0 N–H and O–H groups in total. The average Bonchev–Trinajstić information content (AvgIpc) is 2.51. The summed E-state index contributed by atoms with van der Waals surface area (Å²) in [5.41, 5.74) is -0.393. The first-order valence-corrected chi connectivity index (χ1v) is 6.02. The smallest absolute Gasteiger partial charge is 0.303 e. The highest BCUT2D eigenvalue weighted by Gasteiger charge is 2.29. The fraction of sp³-hybridized carbons (Fsp3) is 0.800. The fourth-order valence-electron chi connectivity index (χ4n) is 1.35. The quantitative estimate of drug-likeness (QED) is 0.676. The van der Waals surface area contributed by atoms with Gasteiger partial charge in [0.15, 0.2) is 5.44 Å². The summed E-state index contributed by atoms with van der Waals surface area (Å²) in [5.74, 6) is -0.102. The van der Waals surface area contributed by atoms with Gasteiger partial charge < -0.3 is 9.47 Å². The first kappa shape index (κ1) is 12.5. The summed E-state index contributed by atoms with van der Waals surface area (Å²) >= 11 is 1.41. The fourth-order valence-corrected chi connectivity index (χ4v) is 2.48. The summed E-state index contributed by atoms with van der Waals surface area (Å²) in [4.78, 5) is 22.0. The van der Waals surface area contributed by atoms with Crippen LogP contribution < -0.4 is 0 Å². The average molecular weight is 232 g/mol. The molecule has 5 heteroatoms. The zero-order valence-corrected chi connectivity index (χ0v) is 9.84. The number of Topliss-reactive ketones (excluding diaryl/α,β-unsaturated/α-hetero) is 1. The predicted octanol–water partition coefficient (Wildman–Crippen LogP) is 1.72. The molecule has 0 aromatic rings. The topological polar surface area (TPSA) is 52.6 Å². The molecule has 0 aliphatic carbocycles. The summed E-state index contributed by atoms with van der Waals surface area (Å²) in [6.07, 6.45) is 1.87. The van der Waals surface area contributed by atoms with Crippen molar-refractivity contribution in [2.75, 3.05) is 6.61 Å². The first-order valence-electron chi connectivity index (χ1n) is 5.07. The Labute approximate surface area is 93.7 Å². The Morgan fingerprint density at radius 2 is 2.27 bits per heavy atom. The van der Waals surface area contributed by atoms with Gasteiger partial charge in [0, 0.05) is 19.8 Å². The second kappa shape index (κ2) is 6.12. The highest BCUT2D eigenvalue weighted by molar-refractivity contribution is 8.00. The summed E-state index contributed by atoms with van der Waals surface area (Å²) < 4.78 is 10.3. The molecule has 0 aromatic carbocycles. The van der Waals surface area contributed by atoms with Crippen LogP contribution in [0.15, 0.2) is 0 Å². The Kier molecular flexibility index (Phi) is 5.11. The normalized spacial score (nSPS) is 25.2. The molecular weight excluding hydrogens is 216 g/mol. The van der Waals surface area contributed by atoms with Crippen LogP contribution in [0.4, 0.5) is 0 Å². The molecule has 0 radical (unpaired) electrons. The number of esters is 1. The molecule has 0 spiro atoms. The van der Waals surface area contributed by atoms with Crippen molar-refractivity contribution in [2.24, 2.45) is 0 Å². The molecule has 2 atom stereocenters. The van der Waals surface area contributed by atoms with Crippen LogP contribution in [0.1, 0.15) is 33.1 Å². The number of hydrogen-bond acceptors (Lipinski definition) is 5. The van der Waals surface area contributed by atoms with Gasteiger partial charge in [0.25, 0.3) is 0 Å². The van der Waals surface area contributed by atoms with Gasteiger partial charge >= 0.3 is 5.97 Å². The van der Waals surface area contributed by atoms with Crippen LogP contribution in [0.2, 0.25) is 0 Å². The minimum absolute atomic E-state index is 0.145. The molecule has 0 amide bonds. The van der Waals surface area contributed by atoms with E-state index in [4.69, 9.17) is 9.47 Å². The molecule has 0 bridgehead atoms. The third kappa shape index (κ3) is 4.66. The largest absolute Gasteiger partial charge is 0.449 e. The summed E-state index contributed by atoms with van der Waals surface area (Å²) in [7, 11) is 0. The van der Waals surface area contributed by atoms with Crippen molar-refractivity contribution < 1.29 is 19.1 Å². The van der Waals surface area contributed by atoms with E-state index >= 15 is 0 Å². The van der Waals surface area contributed by atoms with Gasteiger partial charge in [-0.25, -0.2) is 0 Å². The van der Waals surface area contributed by atoms with Crippen molar-refractivity contribution in [3.8, 4) is 0 Å². The third-order valence-electron chi connectivity index (χ3n) is 1.94. The van der Waals surface area contributed by atoms with Crippen molar-refractivity contribution in [1.82, 2.24) is 0 Å². The van der Waals surface area contributed by atoms with Crippen LogP contribution in [-0.4, -0.2) is 29.2 Å². The van der Waals surface area contributed by atoms with E-state index in [0.717, 1.165) is 6.42 Å². The van der Waals surface area contributed by atoms with Crippen LogP contribution >= 0.6 is 11.8 Å². The maximum Gasteiger partial charge on any atom is 0.303 e. The maximum absolute atomic E-state index is 11.3. The number of ether oxygens (including phenoxy) is 2. The van der Waals surface area contributed by atoms with Crippen molar-refractivity contribution in [1.29, 1.82) is 0 Å². The minimum Gasteiger partial charge on any atom is -0.449 e. The molecule has 86 valence electrons. The second-order valence-electron chi connectivity index (χ2n) is 3.43. The van der Waals surface area contributed by atoms with E-state index in [9.17, 15) is 9.59 Å². The molecule has 1 fully saturated rings. The standard InChI is InChI=1S/C10H16O4S/c1-3-4-8(12)5-9-13-6-10(15-9)14-7(2)11/h9-10H,3-6H2,1-2H3/t9-,10-/m0/s1. The van der Waals surface area contributed by atoms with E-state index in [1.165, 1.54) is 18.7 Å². The number of thioether (sulfide) groups is 1. The van der Waals surface area contributed by atoms with E-state index in [1.54, 1.807) is 0 Å². The van der Waals surface area contributed by atoms with Gasteiger partial charge in [-0.05, 0) is 6.42 Å². The van der Waals surface area contributed by atoms with Gasteiger partial charge in [0.05, 0.1) is 6.61 Å². The Morgan fingerprint density at radius 3 is 2.87 bits per heavy atom. The van der Waals surface area contributed by atoms with E-state index in [2.05, 4.69) is 0 Å². The Bertz CT molecular complexity index is 242. The van der Waals surface area contributed by atoms with E-state index in [-0.39, 0.29) is 22.6 Å². The molecule has 1 heterocycles. The van der Waals surface area contributed by atoms with Crippen LogP contribution in [0.25, 0.3) is 0 Å². The second-order valence-corrected chi connectivity index (χ2v) is 4.75. The van der Waals surface area contributed by atoms with Crippen molar-refractivity contribution in [3.63, 3.8) is 0 Å². The molecule has 0 unspecified atom stereocenters. The van der Waals surface area contributed by atoms with Gasteiger partial charge in [0.2, 0.25) is 0 Å². The van der Waals surface area contributed by atoms with Crippen LogP contribution in [0.3, 0.4) is 0 Å². The summed E-state index contributed by atoms with van der Waals surface area (Å²) in [6.45, 7) is 3.73. The number of carbonyl (C=O) groups excluding carboxylic acids is 2. The zero-order chi connectivity index (χ0) is 11.3. The number of carbonyl (C=O) groups is 2. The van der Waals surface area contributed by atoms with E-state index in [1.807, 2.05) is 6.92 Å². The molecule has 15 heavy (non-hydrogen) atoms. The SMILES string of the molecule is CCCC(=O)C[C@H]1OC[C@@H](OC(C)=O)S1. The lowest BCUT2D eigenvalue weighted by atomic mass is 10.2. The van der Waals surface area contributed by atoms with Crippen molar-refractivity contribution >= 4 is 23.5 Å². The zero-order valence-electron chi connectivity index (χ0n) is 9.02. The molecular formula is C10H16O4S. The van der Waals surface area contributed by atoms with Crippen LogP contribution in [0.5, 0.6) is 0 Å². The van der Waals surface area contributed by atoms with Gasteiger partial charge in [-0.2, -0.15) is 0 Å². The lowest BCUT2D eigenvalue weighted by Gasteiger charge is -2.08. The maximum atomic E-state index is 11.3. The summed E-state index contributed by atoms with van der Waals surface area (Å²) in [6, 6.07) is 0. The lowest BCUT2D eigenvalue weighted by molar-refractivity contribution is -0.143. The Hall–Kier alpha value is -0.550. The molecule has 0 aromatic heterocycles. The predicted molar refractivity (Wildman–Crippen MR) is 57.4 cm³/mol. The molecule has 1 aliphatic rings. The molecule has 0 saturated carbocycles. The monoisotopic (exact) mass is 232 g/mol. The number of rotatable bonds is 5. The highest BCUT2D eigenvalue weighted by Crippen LogP contribution is 2.30. The number of ketones is 1. The van der Waals surface area contributed by atoms with Crippen LogP contribution in [0, 0.1) is 0 Å². The molecule has 1 saturated heterocycles. The minimum atomic E-state index is -0.309. The lowest BCUT2D eigenvalue weighted by Crippen LogP contribution is -2.12. The van der Waals surface area contributed by atoms with E-state index < -0.39 is 0 Å². The third-order valence-corrected chi connectivity index (χ3v) is 3.08. The first-order chi connectivity index (χ1) is 7.11. The van der Waals surface area contributed by atoms with E-state index in [0.29, 0.717) is 19.4 Å². The van der Waals surface area contributed by atoms with Gasteiger partial charge in [-0.3, -0.25) is 9.59 Å². The summed E-state index contributed by atoms with van der Waals surface area (Å²) in [5, 5.41) is 0. The Morgan fingerprint density at radius 1 is 1.53 bits per heavy atom. The van der Waals surface area contributed by atoms with Crippen LogP contribution in [-0.2, 0) is 19.1 Å². The molecule has 1 aliphatic heterocycles. The Balaban J connectivity index is 2.24. The molecule has 1 rings (SSSR count). The van der Waals surface area contributed by atoms with Gasteiger partial charge in [0.1, 0.15) is 11.2 Å². The van der Waals surface area contributed by atoms with Crippen molar-refractivity contribution in [3.05, 3.63) is 0 Å². The van der Waals surface area contributed by atoms with Crippen molar-refractivity contribution in [2.45, 2.75) is 44.0 Å².